The van der Waals surface area contributed by atoms with Gasteiger partial charge in [-0.2, -0.15) is 22.1 Å². The Kier molecular flexibility index (Phi) is 4.66. The molecule has 2 aromatic heterocycles. The maximum Gasteiger partial charge on any atom is 0.281 e. The minimum atomic E-state index is -3.33. The Hall–Kier alpha value is -1.84. The summed E-state index contributed by atoms with van der Waals surface area (Å²) < 4.78 is 29.0. The van der Waals surface area contributed by atoms with Gasteiger partial charge in [0.2, 0.25) is 0 Å². The molecule has 8 nitrogen and oxygen atoms in total. The van der Waals surface area contributed by atoms with Crippen LogP contribution in [0.4, 0.5) is 0 Å². The zero-order valence-corrected chi connectivity index (χ0v) is 14.9. The van der Waals surface area contributed by atoms with Crippen molar-refractivity contribution >= 4 is 10.2 Å². The smallest absolute Gasteiger partial charge is 0.266 e. The molecule has 0 aromatic carbocycles. The first kappa shape index (κ1) is 17.0. The van der Waals surface area contributed by atoms with Crippen LogP contribution in [0.3, 0.4) is 0 Å². The van der Waals surface area contributed by atoms with Gasteiger partial charge in [-0.25, -0.2) is 9.97 Å². The third-order valence-electron chi connectivity index (χ3n) is 4.34. The third-order valence-corrected chi connectivity index (χ3v) is 6.25. The summed E-state index contributed by atoms with van der Waals surface area (Å²) in [6.07, 6.45) is 4.88. The number of aromatic nitrogens is 4. The van der Waals surface area contributed by atoms with E-state index in [0.29, 0.717) is 13.1 Å². The van der Waals surface area contributed by atoms with E-state index in [2.05, 4.69) is 15.1 Å². The highest BCUT2D eigenvalue weighted by Crippen LogP contribution is 2.24. The van der Waals surface area contributed by atoms with Crippen LogP contribution in [0.2, 0.25) is 0 Å². The highest BCUT2D eigenvalue weighted by Gasteiger charge is 2.32. The summed E-state index contributed by atoms with van der Waals surface area (Å²) in [6.45, 7) is 1.09. The fourth-order valence-electron chi connectivity index (χ4n) is 2.97. The van der Waals surface area contributed by atoms with Gasteiger partial charge in [0.05, 0.1) is 11.4 Å². The SMILES string of the molecule is CN(C)S(=O)(=O)N1CCC(Cc2cc(-c3ccnn3C)ncn2)C1. The topological polar surface area (TPSA) is 84.2 Å². The molecule has 1 aliphatic heterocycles. The summed E-state index contributed by atoms with van der Waals surface area (Å²) in [7, 11) is 1.67. The van der Waals surface area contributed by atoms with Gasteiger partial charge in [0.1, 0.15) is 6.33 Å². The van der Waals surface area contributed by atoms with Gasteiger partial charge >= 0.3 is 0 Å². The zero-order valence-electron chi connectivity index (χ0n) is 14.1. The Labute approximate surface area is 142 Å². The Balaban J connectivity index is 1.71. The van der Waals surface area contributed by atoms with Crippen LogP contribution >= 0.6 is 0 Å². The number of hydrogen-bond acceptors (Lipinski definition) is 5. The molecule has 1 saturated heterocycles. The van der Waals surface area contributed by atoms with Crippen LogP contribution in [0.15, 0.2) is 24.7 Å². The molecule has 9 heteroatoms. The van der Waals surface area contributed by atoms with Crippen molar-refractivity contribution in [2.24, 2.45) is 13.0 Å². The summed E-state index contributed by atoms with van der Waals surface area (Å²) in [6, 6.07) is 3.87. The second-order valence-electron chi connectivity index (χ2n) is 6.24. The van der Waals surface area contributed by atoms with E-state index in [0.717, 1.165) is 29.9 Å². The fourth-order valence-corrected chi connectivity index (χ4v) is 4.17. The Morgan fingerprint density at radius 1 is 1.33 bits per heavy atom. The highest BCUT2D eigenvalue weighted by molar-refractivity contribution is 7.86. The van der Waals surface area contributed by atoms with Gasteiger partial charge in [-0.1, -0.05) is 0 Å². The van der Waals surface area contributed by atoms with E-state index < -0.39 is 10.2 Å². The fraction of sp³-hybridized carbons (Fsp3) is 0.533. The van der Waals surface area contributed by atoms with Gasteiger partial charge in [-0.15, -0.1) is 0 Å². The molecule has 0 saturated carbocycles. The van der Waals surface area contributed by atoms with E-state index in [1.54, 1.807) is 35.6 Å². The van der Waals surface area contributed by atoms with E-state index >= 15 is 0 Å². The first-order valence-corrected chi connectivity index (χ1v) is 9.24. The van der Waals surface area contributed by atoms with E-state index in [9.17, 15) is 8.42 Å². The summed E-state index contributed by atoms with van der Waals surface area (Å²) in [5.74, 6) is 0.272. The van der Waals surface area contributed by atoms with Crippen molar-refractivity contribution in [2.45, 2.75) is 12.8 Å². The Bertz CT molecular complexity index is 817. The first-order valence-electron chi connectivity index (χ1n) is 7.85. The Morgan fingerprint density at radius 2 is 2.12 bits per heavy atom. The predicted octanol–water partition coefficient (Wildman–Crippen LogP) is 0.548. The zero-order chi connectivity index (χ0) is 17.3. The molecular formula is C15H22N6O2S. The highest BCUT2D eigenvalue weighted by atomic mass is 32.2. The molecule has 0 spiro atoms. The molecule has 0 bridgehead atoms. The quantitative estimate of drug-likeness (QED) is 0.786. The van der Waals surface area contributed by atoms with Crippen molar-refractivity contribution in [3.05, 3.63) is 30.4 Å². The van der Waals surface area contributed by atoms with Crippen LogP contribution in [0.1, 0.15) is 12.1 Å². The van der Waals surface area contributed by atoms with Gasteiger partial charge in [-0.05, 0) is 30.9 Å². The summed E-state index contributed by atoms with van der Waals surface area (Å²) in [5.41, 5.74) is 2.69. The molecule has 1 unspecified atom stereocenters. The van der Waals surface area contributed by atoms with Crippen LogP contribution < -0.4 is 0 Å². The molecule has 1 fully saturated rings. The molecule has 1 aliphatic rings. The maximum absolute atomic E-state index is 12.2. The lowest BCUT2D eigenvalue weighted by Crippen LogP contribution is -2.38. The van der Waals surface area contributed by atoms with E-state index in [-0.39, 0.29) is 5.92 Å². The molecule has 0 radical (unpaired) electrons. The third kappa shape index (κ3) is 3.33. The first-order chi connectivity index (χ1) is 11.4. The van der Waals surface area contributed by atoms with Crippen LogP contribution in [0.25, 0.3) is 11.4 Å². The van der Waals surface area contributed by atoms with Gasteiger partial charge in [0, 0.05) is 46.1 Å². The second kappa shape index (κ2) is 6.58. The maximum atomic E-state index is 12.2. The van der Waals surface area contributed by atoms with E-state index in [1.165, 1.54) is 4.31 Å². The normalized spacial score (nSPS) is 19.2. The predicted molar refractivity (Wildman–Crippen MR) is 90.2 cm³/mol. The Morgan fingerprint density at radius 3 is 2.79 bits per heavy atom. The molecule has 3 heterocycles. The molecule has 0 N–H and O–H groups in total. The minimum Gasteiger partial charge on any atom is -0.266 e. The molecule has 2 aromatic rings. The standard InChI is InChI=1S/C15H22N6O2S/c1-19(2)24(22,23)21-7-5-12(10-21)8-13-9-14(17-11-16-13)15-4-6-18-20(15)3/h4,6,9,11-12H,5,7-8,10H2,1-3H3. The molecule has 0 aliphatic carbocycles. The average Bonchev–Trinajstić information content (AvgIpc) is 3.16. The minimum absolute atomic E-state index is 0.272. The summed E-state index contributed by atoms with van der Waals surface area (Å²) in [4.78, 5) is 8.66. The van der Waals surface area contributed by atoms with Crippen molar-refractivity contribution in [1.29, 1.82) is 0 Å². The molecule has 0 amide bonds. The lowest BCUT2D eigenvalue weighted by atomic mass is 10.0. The molecule has 24 heavy (non-hydrogen) atoms. The number of hydrogen-bond donors (Lipinski definition) is 0. The van der Waals surface area contributed by atoms with E-state index in [4.69, 9.17) is 0 Å². The number of rotatable bonds is 5. The average molecular weight is 350 g/mol. The summed E-state index contributed by atoms with van der Waals surface area (Å²) >= 11 is 0. The molecule has 130 valence electrons. The van der Waals surface area contributed by atoms with Crippen LogP contribution in [0, 0.1) is 5.92 Å². The van der Waals surface area contributed by atoms with Crippen LogP contribution in [-0.2, 0) is 23.7 Å². The number of nitrogens with zero attached hydrogens (tertiary/aromatic N) is 6. The van der Waals surface area contributed by atoms with Crippen LogP contribution in [-0.4, -0.2) is 64.0 Å². The van der Waals surface area contributed by atoms with Crippen molar-refractivity contribution in [3.8, 4) is 11.4 Å². The lowest BCUT2D eigenvalue weighted by molar-refractivity contribution is 0.409. The lowest BCUT2D eigenvalue weighted by Gasteiger charge is -2.20. The van der Waals surface area contributed by atoms with Crippen molar-refractivity contribution < 1.29 is 8.42 Å². The van der Waals surface area contributed by atoms with Gasteiger partial charge in [-0.3, -0.25) is 4.68 Å². The summed E-state index contributed by atoms with van der Waals surface area (Å²) in [5, 5.41) is 4.16. The van der Waals surface area contributed by atoms with Crippen molar-refractivity contribution in [2.75, 3.05) is 27.2 Å². The number of aryl methyl sites for hydroxylation is 1. The largest absolute Gasteiger partial charge is 0.281 e. The van der Waals surface area contributed by atoms with Gasteiger partial charge in [0.25, 0.3) is 10.2 Å². The second-order valence-corrected chi connectivity index (χ2v) is 8.38. The van der Waals surface area contributed by atoms with Crippen molar-refractivity contribution in [3.63, 3.8) is 0 Å². The monoisotopic (exact) mass is 350 g/mol. The molecular weight excluding hydrogens is 328 g/mol. The van der Waals surface area contributed by atoms with E-state index in [1.807, 2.05) is 19.2 Å². The molecule has 3 rings (SSSR count). The molecule has 1 atom stereocenters. The van der Waals surface area contributed by atoms with Crippen molar-refractivity contribution in [1.82, 2.24) is 28.4 Å². The van der Waals surface area contributed by atoms with Crippen LogP contribution in [0.5, 0.6) is 0 Å². The van der Waals surface area contributed by atoms with Gasteiger partial charge < -0.3 is 0 Å². The van der Waals surface area contributed by atoms with Gasteiger partial charge in [0.15, 0.2) is 0 Å².